The van der Waals surface area contributed by atoms with Gasteiger partial charge in [0.2, 0.25) is 0 Å². The van der Waals surface area contributed by atoms with Crippen molar-refractivity contribution in [3.05, 3.63) is 12.2 Å². The van der Waals surface area contributed by atoms with Crippen LogP contribution in [-0.2, 0) is 12.0 Å². The van der Waals surface area contributed by atoms with Crippen molar-refractivity contribution in [1.29, 1.82) is 0 Å². The molecule has 0 aliphatic carbocycles. The highest BCUT2D eigenvalue weighted by atomic mass is 15.3. The molecule has 0 saturated carbocycles. The highest BCUT2D eigenvalue weighted by Crippen LogP contribution is 2.17. The average Bonchev–Trinajstić information content (AvgIpc) is 2.73. The van der Waals surface area contributed by atoms with E-state index in [9.17, 15) is 0 Å². The highest BCUT2D eigenvalue weighted by Gasteiger charge is 2.20. The first-order valence-electron chi connectivity index (χ1n) is 5.69. The molecule has 1 atom stereocenters. The summed E-state index contributed by atoms with van der Waals surface area (Å²) in [6.07, 6.45) is 4.39. The summed E-state index contributed by atoms with van der Waals surface area (Å²) in [7, 11) is 0. The Kier molecular flexibility index (Phi) is 2.78. The molecule has 0 radical (unpaired) electrons. The molecule has 15 heavy (non-hydrogen) atoms. The number of nitrogens with zero attached hydrogens (tertiary/aromatic N) is 3. The summed E-state index contributed by atoms with van der Waals surface area (Å²) in [5.74, 6) is 0.931. The van der Waals surface area contributed by atoms with Crippen LogP contribution in [0.5, 0.6) is 0 Å². The number of hydrogen-bond acceptors (Lipinski definition) is 3. The van der Waals surface area contributed by atoms with Gasteiger partial charge in [-0.15, -0.1) is 0 Å². The average molecular weight is 208 g/mol. The lowest BCUT2D eigenvalue weighted by atomic mass is 9.96. The van der Waals surface area contributed by atoms with Crippen molar-refractivity contribution in [1.82, 2.24) is 20.1 Å². The Morgan fingerprint density at radius 3 is 2.87 bits per heavy atom. The fourth-order valence-electron chi connectivity index (χ4n) is 1.86. The van der Waals surface area contributed by atoms with Gasteiger partial charge in [-0.25, -0.2) is 4.98 Å². The van der Waals surface area contributed by atoms with Gasteiger partial charge in [0.05, 0.1) is 6.54 Å². The SMILES string of the molecule is CC(C)(C)c1ncn(CC2CCCN2)n1. The lowest BCUT2D eigenvalue weighted by molar-refractivity contribution is 0.461. The zero-order chi connectivity index (χ0) is 10.9. The van der Waals surface area contributed by atoms with Gasteiger partial charge >= 0.3 is 0 Å². The molecule has 1 N–H and O–H groups in total. The molecule has 1 fully saturated rings. The topological polar surface area (TPSA) is 42.7 Å². The van der Waals surface area contributed by atoms with Crippen LogP contribution in [0, 0.1) is 0 Å². The van der Waals surface area contributed by atoms with Crippen LogP contribution in [0.25, 0.3) is 0 Å². The Morgan fingerprint density at radius 2 is 2.33 bits per heavy atom. The first kappa shape index (κ1) is 10.6. The Labute approximate surface area is 91.1 Å². The van der Waals surface area contributed by atoms with Crippen LogP contribution < -0.4 is 5.32 Å². The largest absolute Gasteiger partial charge is 0.312 e. The molecule has 0 aromatic carbocycles. The molecule has 1 unspecified atom stereocenters. The van der Waals surface area contributed by atoms with E-state index in [0.717, 1.165) is 18.9 Å². The van der Waals surface area contributed by atoms with Crippen LogP contribution in [0.4, 0.5) is 0 Å². The monoisotopic (exact) mass is 208 g/mol. The molecule has 0 bridgehead atoms. The van der Waals surface area contributed by atoms with Crippen LogP contribution in [0.2, 0.25) is 0 Å². The summed E-state index contributed by atoms with van der Waals surface area (Å²) in [6.45, 7) is 8.51. The van der Waals surface area contributed by atoms with E-state index in [-0.39, 0.29) is 5.41 Å². The van der Waals surface area contributed by atoms with E-state index in [1.807, 2.05) is 11.0 Å². The minimum Gasteiger partial charge on any atom is -0.312 e. The van der Waals surface area contributed by atoms with Crippen molar-refractivity contribution in [3.63, 3.8) is 0 Å². The second kappa shape index (κ2) is 3.93. The summed E-state index contributed by atoms with van der Waals surface area (Å²) >= 11 is 0. The maximum atomic E-state index is 4.51. The predicted molar refractivity (Wildman–Crippen MR) is 59.7 cm³/mol. The maximum Gasteiger partial charge on any atom is 0.155 e. The van der Waals surface area contributed by atoms with Crippen molar-refractivity contribution in [2.24, 2.45) is 0 Å². The summed E-state index contributed by atoms with van der Waals surface area (Å²) < 4.78 is 1.96. The molecular weight excluding hydrogens is 188 g/mol. The molecule has 2 heterocycles. The van der Waals surface area contributed by atoms with Crippen LogP contribution >= 0.6 is 0 Å². The minimum atomic E-state index is 0.0500. The van der Waals surface area contributed by atoms with E-state index in [4.69, 9.17) is 0 Å². The molecular formula is C11H20N4. The van der Waals surface area contributed by atoms with Gasteiger partial charge in [0.1, 0.15) is 6.33 Å². The fraction of sp³-hybridized carbons (Fsp3) is 0.818. The molecule has 1 saturated heterocycles. The first-order valence-corrected chi connectivity index (χ1v) is 5.69. The van der Waals surface area contributed by atoms with Gasteiger partial charge in [0.25, 0.3) is 0 Å². The Bertz CT molecular complexity index is 318. The van der Waals surface area contributed by atoms with Crippen molar-refractivity contribution in [3.8, 4) is 0 Å². The van der Waals surface area contributed by atoms with Crippen molar-refractivity contribution < 1.29 is 0 Å². The third-order valence-corrected chi connectivity index (χ3v) is 2.78. The standard InChI is InChI=1S/C11H20N4/c1-11(2,3)10-13-8-15(14-10)7-9-5-4-6-12-9/h8-9,12H,4-7H2,1-3H3. The molecule has 1 aliphatic heterocycles. The summed E-state index contributed by atoms with van der Waals surface area (Å²) in [4.78, 5) is 4.35. The highest BCUT2D eigenvalue weighted by molar-refractivity contribution is 4.98. The second-order valence-corrected chi connectivity index (χ2v) is 5.33. The van der Waals surface area contributed by atoms with Gasteiger partial charge < -0.3 is 5.32 Å². The van der Waals surface area contributed by atoms with Crippen LogP contribution in [0.15, 0.2) is 6.33 Å². The normalized spacial score (nSPS) is 22.2. The third-order valence-electron chi connectivity index (χ3n) is 2.78. The van der Waals surface area contributed by atoms with E-state index in [1.165, 1.54) is 12.8 Å². The van der Waals surface area contributed by atoms with Crippen LogP contribution in [-0.4, -0.2) is 27.4 Å². The molecule has 1 aliphatic rings. The van der Waals surface area contributed by atoms with E-state index in [1.54, 1.807) is 0 Å². The Hall–Kier alpha value is -0.900. The molecule has 2 rings (SSSR count). The summed E-state index contributed by atoms with van der Waals surface area (Å²) in [6, 6.07) is 0.583. The van der Waals surface area contributed by atoms with Gasteiger partial charge in [-0.3, -0.25) is 4.68 Å². The number of hydrogen-bond donors (Lipinski definition) is 1. The quantitative estimate of drug-likeness (QED) is 0.797. The number of rotatable bonds is 2. The number of aromatic nitrogens is 3. The van der Waals surface area contributed by atoms with Gasteiger partial charge in [0, 0.05) is 11.5 Å². The van der Waals surface area contributed by atoms with E-state index in [0.29, 0.717) is 6.04 Å². The lowest BCUT2D eigenvalue weighted by Crippen LogP contribution is -2.27. The van der Waals surface area contributed by atoms with E-state index in [2.05, 4.69) is 36.2 Å². The van der Waals surface area contributed by atoms with Gasteiger partial charge in [-0.05, 0) is 19.4 Å². The maximum absolute atomic E-state index is 4.51. The van der Waals surface area contributed by atoms with Crippen molar-refractivity contribution in [2.45, 2.75) is 51.6 Å². The number of nitrogens with one attached hydrogen (secondary N) is 1. The van der Waals surface area contributed by atoms with Crippen LogP contribution in [0.3, 0.4) is 0 Å². The predicted octanol–water partition coefficient (Wildman–Crippen LogP) is 1.33. The summed E-state index contributed by atoms with van der Waals surface area (Å²) in [5, 5.41) is 7.98. The molecule has 0 amide bonds. The second-order valence-electron chi connectivity index (χ2n) is 5.33. The van der Waals surface area contributed by atoms with Crippen molar-refractivity contribution >= 4 is 0 Å². The van der Waals surface area contributed by atoms with E-state index >= 15 is 0 Å². The Morgan fingerprint density at radius 1 is 1.53 bits per heavy atom. The van der Waals surface area contributed by atoms with Gasteiger partial charge in [-0.2, -0.15) is 5.10 Å². The van der Waals surface area contributed by atoms with Crippen LogP contribution in [0.1, 0.15) is 39.4 Å². The first-order chi connectivity index (χ1) is 7.05. The minimum absolute atomic E-state index is 0.0500. The smallest absolute Gasteiger partial charge is 0.155 e. The van der Waals surface area contributed by atoms with E-state index < -0.39 is 0 Å². The third kappa shape index (κ3) is 2.56. The van der Waals surface area contributed by atoms with Gasteiger partial charge in [0.15, 0.2) is 5.82 Å². The molecule has 4 heteroatoms. The zero-order valence-corrected chi connectivity index (χ0v) is 9.82. The summed E-state index contributed by atoms with van der Waals surface area (Å²) in [5.41, 5.74) is 0.0500. The Balaban J connectivity index is 2.00. The molecule has 4 nitrogen and oxygen atoms in total. The van der Waals surface area contributed by atoms with Gasteiger partial charge in [-0.1, -0.05) is 20.8 Å². The molecule has 1 aromatic heterocycles. The lowest BCUT2D eigenvalue weighted by Gasteiger charge is -2.13. The fourth-order valence-corrected chi connectivity index (χ4v) is 1.86. The molecule has 1 aromatic rings. The molecule has 84 valence electrons. The zero-order valence-electron chi connectivity index (χ0n) is 9.82. The molecule has 0 spiro atoms. The van der Waals surface area contributed by atoms with Crippen molar-refractivity contribution in [2.75, 3.05) is 6.54 Å².